The average Bonchev–Trinajstić information content (AvgIpc) is 1.37. The molecule has 0 bridgehead atoms. The normalized spacial score (nSPS) is 3.75. The van der Waals surface area contributed by atoms with Gasteiger partial charge in [0.2, 0.25) is 0 Å². The van der Waals surface area contributed by atoms with E-state index in [1.165, 1.54) is 6.42 Å². The molecule has 0 radical (unpaired) electrons. The number of unbranched alkanes of at least 4 members (excludes halogenated alkanes) is 1. The fourth-order valence-corrected chi connectivity index (χ4v) is 0. The third kappa shape index (κ3) is 46.8. The van der Waals surface area contributed by atoms with Crippen LogP contribution in [0.25, 0.3) is 0 Å². The van der Waals surface area contributed by atoms with Crippen LogP contribution in [0.1, 0.15) is 19.8 Å². The molecule has 0 unspecified atom stereocenters. The molecule has 0 aliphatic heterocycles. The molecule has 0 heterocycles. The molecule has 0 N–H and O–H groups in total. The van der Waals surface area contributed by atoms with Gasteiger partial charge in [-0.3, -0.25) is 0 Å². The van der Waals surface area contributed by atoms with Gasteiger partial charge in [0.15, 0.2) is 0 Å². The first kappa shape index (κ1) is 33.1. The second-order valence-corrected chi connectivity index (χ2v) is 0.854. The Morgan fingerprint density at radius 1 is 1.12 bits per heavy atom. The molecular formula is C4H12Cl3Hf-. The number of rotatable bonds is 1. The molecule has 0 aromatic carbocycles. The maximum absolute atomic E-state index is 3.60. The molecule has 0 atom stereocenters. The first-order valence-corrected chi connectivity index (χ1v) is 1.71. The van der Waals surface area contributed by atoms with Gasteiger partial charge < -0.3 is 6.92 Å². The van der Waals surface area contributed by atoms with Crippen LogP contribution in [0.4, 0.5) is 0 Å². The van der Waals surface area contributed by atoms with Crippen molar-refractivity contribution in [2.24, 2.45) is 0 Å². The van der Waals surface area contributed by atoms with Gasteiger partial charge in [0.05, 0.1) is 0 Å². The van der Waals surface area contributed by atoms with E-state index in [2.05, 4.69) is 13.8 Å². The van der Waals surface area contributed by atoms with Crippen LogP contribution in [0.3, 0.4) is 0 Å². The molecule has 0 fully saturated rings. The van der Waals surface area contributed by atoms with Crippen molar-refractivity contribution in [1.82, 2.24) is 0 Å². The predicted molar refractivity (Wildman–Crippen MR) is 42.0 cm³/mol. The van der Waals surface area contributed by atoms with E-state index in [0.29, 0.717) is 0 Å². The second-order valence-electron chi connectivity index (χ2n) is 0.854. The van der Waals surface area contributed by atoms with E-state index in [9.17, 15) is 0 Å². The van der Waals surface area contributed by atoms with Crippen LogP contribution in [-0.2, 0) is 25.8 Å². The molecule has 0 saturated heterocycles. The van der Waals surface area contributed by atoms with Gasteiger partial charge >= 0.3 is 0 Å². The van der Waals surface area contributed by atoms with Crippen LogP contribution in [-0.4, -0.2) is 0 Å². The molecule has 0 aromatic heterocycles. The quantitative estimate of drug-likeness (QED) is 0.507. The summed E-state index contributed by atoms with van der Waals surface area (Å²) < 4.78 is 0. The molecule has 0 spiro atoms. The van der Waals surface area contributed by atoms with Crippen LogP contribution < -0.4 is 0 Å². The first-order valence-electron chi connectivity index (χ1n) is 1.71. The van der Waals surface area contributed by atoms with Crippen LogP contribution in [0.5, 0.6) is 0 Å². The van der Waals surface area contributed by atoms with E-state index in [1.54, 1.807) is 0 Å². The smallest absolute Gasteiger partial charge is 0 e. The maximum Gasteiger partial charge on any atom is 0 e. The van der Waals surface area contributed by atoms with Crippen molar-refractivity contribution in [2.45, 2.75) is 19.8 Å². The molecule has 0 aliphatic carbocycles. The molecule has 54 valence electrons. The minimum atomic E-state index is 0. The standard InChI is InChI=1S/C4H9.3ClH.Hf/c1-3-4-2;;;;/h1,3-4H2,2H3;3*1H;/q-1;;;;. The van der Waals surface area contributed by atoms with E-state index in [1.807, 2.05) is 0 Å². The summed E-state index contributed by atoms with van der Waals surface area (Å²) >= 11 is 0. The monoisotopic (exact) mass is 345 g/mol. The van der Waals surface area contributed by atoms with Gasteiger partial charge in [0, 0.05) is 25.8 Å². The van der Waals surface area contributed by atoms with Crippen molar-refractivity contribution >= 4 is 37.2 Å². The summed E-state index contributed by atoms with van der Waals surface area (Å²) in [6.45, 7) is 5.72. The van der Waals surface area contributed by atoms with Gasteiger partial charge in [-0.15, -0.1) is 37.2 Å². The van der Waals surface area contributed by atoms with Gasteiger partial charge in [-0.1, -0.05) is 13.3 Å². The Morgan fingerprint density at radius 2 is 1.25 bits per heavy atom. The van der Waals surface area contributed by atoms with E-state index < -0.39 is 0 Å². The van der Waals surface area contributed by atoms with E-state index in [4.69, 9.17) is 0 Å². The van der Waals surface area contributed by atoms with E-state index in [0.717, 1.165) is 6.42 Å². The van der Waals surface area contributed by atoms with Gasteiger partial charge in [-0.25, -0.2) is 0 Å². The maximum atomic E-state index is 3.60. The SMILES string of the molecule is Cl.Cl.Cl.[CH2-]CCC.[Hf]. The Labute approximate surface area is 89.2 Å². The molecule has 8 heavy (non-hydrogen) atoms. The Balaban J connectivity index is -0.00000000750. The fourth-order valence-electron chi connectivity index (χ4n) is 0. The summed E-state index contributed by atoms with van der Waals surface area (Å²) in [6.07, 6.45) is 2.28. The molecule has 0 aromatic rings. The summed E-state index contributed by atoms with van der Waals surface area (Å²) in [5.41, 5.74) is 0. The zero-order valence-electron chi connectivity index (χ0n) is 4.85. The predicted octanol–water partition coefficient (Wildman–Crippen LogP) is 2.88. The molecule has 4 heteroatoms. The summed E-state index contributed by atoms with van der Waals surface area (Å²) in [5, 5.41) is 0. The third-order valence-electron chi connectivity index (χ3n) is 0.354. The van der Waals surface area contributed by atoms with E-state index >= 15 is 0 Å². The van der Waals surface area contributed by atoms with Crippen molar-refractivity contribution in [3.63, 3.8) is 0 Å². The Kier molecular flexibility index (Phi) is 155. The fraction of sp³-hybridized carbons (Fsp3) is 0.750. The molecule has 0 amide bonds. The summed E-state index contributed by atoms with van der Waals surface area (Å²) in [7, 11) is 0. The molecule has 0 saturated carbocycles. The molecule has 0 nitrogen and oxygen atoms in total. The van der Waals surface area contributed by atoms with Gasteiger partial charge in [0.1, 0.15) is 0 Å². The van der Waals surface area contributed by atoms with Crippen molar-refractivity contribution in [3.8, 4) is 0 Å². The van der Waals surface area contributed by atoms with Crippen LogP contribution in [0, 0.1) is 6.92 Å². The Hall–Kier alpha value is 1.74. The Bertz CT molecular complexity index is 13.2. The van der Waals surface area contributed by atoms with Gasteiger partial charge in [-0.05, 0) is 0 Å². The number of halogens is 3. The second kappa shape index (κ2) is 37.4. The van der Waals surface area contributed by atoms with Crippen molar-refractivity contribution < 1.29 is 25.8 Å². The number of hydrogen-bond acceptors (Lipinski definition) is 0. The minimum absolute atomic E-state index is 0. The average molecular weight is 345 g/mol. The van der Waals surface area contributed by atoms with Gasteiger partial charge in [-0.2, -0.15) is 6.42 Å². The summed E-state index contributed by atoms with van der Waals surface area (Å²) in [5.74, 6) is 0. The van der Waals surface area contributed by atoms with E-state index in [-0.39, 0.29) is 63.1 Å². The Morgan fingerprint density at radius 3 is 1.25 bits per heavy atom. The molecule has 0 aliphatic rings. The van der Waals surface area contributed by atoms with Crippen LogP contribution >= 0.6 is 37.2 Å². The summed E-state index contributed by atoms with van der Waals surface area (Å²) in [4.78, 5) is 0. The molecular weight excluding hydrogens is 333 g/mol. The zero-order chi connectivity index (χ0) is 3.41. The summed E-state index contributed by atoms with van der Waals surface area (Å²) in [6, 6.07) is 0. The van der Waals surface area contributed by atoms with Crippen molar-refractivity contribution in [2.75, 3.05) is 0 Å². The zero-order valence-corrected chi connectivity index (χ0v) is 10.9. The van der Waals surface area contributed by atoms with Crippen molar-refractivity contribution in [3.05, 3.63) is 6.92 Å². The topological polar surface area (TPSA) is 0 Å². The third-order valence-corrected chi connectivity index (χ3v) is 0.354. The van der Waals surface area contributed by atoms with Crippen LogP contribution in [0.2, 0.25) is 0 Å². The number of hydrogen-bond donors (Lipinski definition) is 0. The van der Waals surface area contributed by atoms with Crippen molar-refractivity contribution in [1.29, 1.82) is 0 Å². The minimum Gasteiger partial charge on any atom is -0.343 e. The molecule has 0 rings (SSSR count). The first-order chi connectivity index (χ1) is 1.91. The van der Waals surface area contributed by atoms with Gasteiger partial charge in [0.25, 0.3) is 0 Å². The van der Waals surface area contributed by atoms with Crippen LogP contribution in [0.15, 0.2) is 0 Å². The largest absolute Gasteiger partial charge is 0.343 e.